The third kappa shape index (κ3) is 4.74. The first-order chi connectivity index (χ1) is 15.3. The lowest BCUT2D eigenvalue weighted by Crippen LogP contribution is -2.32. The van der Waals surface area contributed by atoms with Gasteiger partial charge in [-0.1, -0.05) is 12.8 Å². The quantitative estimate of drug-likeness (QED) is 0.690. The van der Waals surface area contributed by atoms with Crippen LogP contribution in [0.15, 0.2) is 30.3 Å². The summed E-state index contributed by atoms with van der Waals surface area (Å²) in [4.78, 5) is 40.1. The van der Waals surface area contributed by atoms with Gasteiger partial charge in [0.25, 0.3) is 0 Å². The standard InChI is InChI=1S/C24H30FN5O2/c1-28(2)22-13-20(17-12-23(31)30(14-17)19-10-8-18(25)9-11-19)26-21(27-22)15-29(3)24(32)16-6-4-5-7-16/h8-11,13,16-17H,4-7,12,14-15H2,1-3H3/t17-/m1/s1. The minimum atomic E-state index is -0.329. The fourth-order valence-electron chi connectivity index (χ4n) is 4.56. The first-order valence-electron chi connectivity index (χ1n) is 11.2. The van der Waals surface area contributed by atoms with Crippen LogP contribution in [0.4, 0.5) is 15.9 Å². The second-order valence-corrected chi connectivity index (χ2v) is 9.02. The van der Waals surface area contributed by atoms with Gasteiger partial charge < -0.3 is 14.7 Å². The molecule has 2 aromatic rings. The number of amides is 2. The molecule has 0 N–H and O–H groups in total. The summed E-state index contributed by atoms with van der Waals surface area (Å²) in [6, 6.07) is 7.88. The van der Waals surface area contributed by atoms with Crippen LogP contribution in [-0.4, -0.2) is 54.4 Å². The Hall–Kier alpha value is -3.03. The zero-order valence-electron chi connectivity index (χ0n) is 18.9. The van der Waals surface area contributed by atoms with Gasteiger partial charge in [-0.05, 0) is 37.1 Å². The highest BCUT2D eigenvalue weighted by Gasteiger charge is 2.33. The van der Waals surface area contributed by atoms with Crippen molar-refractivity contribution in [2.45, 2.75) is 44.6 Å². The maximum atomic E-state index is 13.3. The number of carbonyl (C=O) groups is 2. The molecule has 1 aromatic carbocycles. The number of carbonyl (C=O) groups excluding carboxylic acids is 2. The van der Waals surface area contributed by atoms with Crippen molar-refractivity contribution < 1.29 is 14.0 Å². The summed E-state index contributed by atoms with van der Waals surface area (Å²) in [7, 11) is 5.63. The SMILES string of the molecule is CN(Cc1nc([C@@H]2CC(=O)N(c3ccc(F)cc3)C2)cc(N(C)C)n1)C(=O)C1CCCC1. The van der Waals surface area contributed by atoms with Crippen molar-refractivity contribution in [3.8, 4) is 0 Å². The molecular weight excluding hydrogens is 409 g/mol. The molecule has 4 rings (SSSR count). The van der Waals surface area contributed by atoms with E-state index in [1.165, 1.54) is 12.1 Å². The van der Waals surface area contributed by atoms with Gasteiger partial charge in [0.05, 0.1) is 12.2 Å². The average molecular weight is 440 g/mol. The molecular formula is C24H30FN5O2. The highest BCUT2D eigenvalue weighted by atomic mass is 19.1. The zero-order chi connectivity index (χ0) is 22.8. The summed E-state index contributed by atoms with van der Waals surface area (Å²) < 4.78 is 13.3. The largest absolute Gasteiger partial charge is 0.363 e. The van der Waals surface area contributed by atoms with E-state index in [9.17, 15) is 14.0 Å². The van der Waals surface area contributed by atoms with Crippen molar-refractivity contribution >= 4 is 23.3 Å². The van der Waals surface area contributed by atoms with Gasteiger partial charge in [-0.15, -0.1) is 0 Å². The number of hydrogen-bond acceptors (Lipinski definition) is 5. The highest BCUT2D eigenvalue weighted by Crippen LogP contribution is 2.32. The lowest BCUT2D eigenvalue weighted by molar-refractivity contribution is -0.134. The molecule has 2 amide bonds. The average Bonchev–Trinajstić information content (AvgIpc) is 3.43. The monoisotopic (exact) mass is 439 g/mol. The van der Waals surface area contributed by atoms with Gasteiger partial charge >= 0.3 is 0 Å². The van der Waals surface area contributed by atoms with Crippen molar-refractivity contribution in [1.29, 1.82) is 0 Å². The molecule has 2 aliphatic rings. The molecule has 1 saturated carbocycles. The molecule has 0 unspecified atom stereocenters. The first kappa shape index (κ1) is 22.2. The second kappa shape index (κ2) is 9.22. The van der Waals surface area contributed by atoms with E-state index in [1.807, 2.05) is 25.1 Å². The number of nitrogens with zero attached hydrogens (tertiary/aromatic N) is 5. The van der Waals surface area contributed by atoms with Crippen molar-refractivity contribution in [1.82, 2.24) is 14.9 Å². The zero-order valence-corrected chi connectivity index (χ0v) is 18.9. The molecule has 1 saturated heterocycles. The van der Waals surface area contributed by atoms with Crippen LogP contribution in [0.5, 0.6) is 0 Å². The van der Waals surface area contributed by atoms with Crippen LogP contribution in [0.1, 0.15) is 49.5 Å². The van der Waals surface area contributed by atoms with E-state index in [2.05, 4.69) is 4.98 Å². The van der Waals surface area contributed by atoms with E-state index < -0.39 is 0 Å². The Bertz CT molecular complexity index is 988. The Morgan fingerprint density at radius 2 is 1.81 bits per heavy atom. The third-order valence-electron chi connectivity index (χ3n) is 6.38. The molecule has 0 spiro atoms. The van der Waals surface area contributed by atoms with Crippen molar-refractivity contribution in [2.24, 2.45) is 5.92 Å². The predicted molar refractivity (Wildman–Crippen MR) is 121 cm³/mol. The van der Waals surface area contributed by atoms with Gasteiger partial charge in [0.1, 0.15) is 17.5 Å². The van der Waals surface area contributed by atoms with E-state index >= 15 is 0 Å². The van der Waals surface area contributed by atoms with Crippen LogP contribution in [0, 0.1) is 11.7 Å². The van der Waals surface area contributed by atoms with E-state index in [1.54, 1.807) is 29.0 Å². The van der Waals surface area contributed by atoms with Gasteiger partial charge in [-0.2, -0.15) is 0 Å². The molecule has 2 fully saturated rings. The van der Waals surface area contributed by atoms with Crippen molar-refractivity contribution in [3.63, 3.8) is 0 Å². The molecule has 1 atom stereocenters. The molecule has 32 heavy (non-hydrogen) atoms. The van der Waals surface area contributed by atoms with E-state index in [-0.39, 0.29) is 29.5 Å². The molecule has 0 bridgehead atoms. The fraction of sp³-hybridized carbons (Fsp3) is 0.500. The Kier molecular flexibility index (Phi) is 6.39. The van der Waals surface area contributed by atoms with Gasteiger partial charge in [0.2, 0.25) is 11.8 Å². The molecule has 7 nitrogen and oxygen atoms in total. The van der Waals surface area contributed by atoms with Crippen LogP contribution in [-0.2, 0) is 16.1 Å². The number of aromatic nitrogens is 2. The van der Waals surface area contributed by atoms with Crippen LogP contribution in [0.2, 0.25) is 0 Å². The molecule has 2 heterocycles. The highest BCUT2D eigenvalue weighted by molar-refractivity contribution is 5.96. The Balaban J connectivity index is 1.54. The fourth-order valence-corrected chi connectivity index (χ4v) is 4.56. The Morgan fingerprint density at radius 3 is 2.47 bits per heavy atom. The third-order valence-corrected chi connectivity index (χ3v) is 6.38. The topological polar surface area (TPSA) is 69.6 Å². The van der Waals surface area contributed by atoms with Crippen molar-refractivity contribution in [3.05, 3.63) is 47.7 Å². The van der Waals surface area contributed by atoms with Gasteiger partial charge in [-0.3, -0.25) is 9.59 Å². The van der Waals surface area contributed by atoms with E-state index in [4.69, 9.17) is 4.98 Å². The minimum Gasteiger partial charge on any atom is -0.363 e. The summed E-state index contributed by atoms with van der Waals surface area (Å²) in [5.41, 5.74) is 1.47. The van der Waals surface area contributed by atoms with Crippen LogP contribution < -0.4 is 9.80 Å². The molecule has 1 aromatic heterocycles. The molecule has 170 valence electrons. The summed E-state index contributed by atoms with van der Waals surface area (Å²) >= 11 is 0. The molecule has 1 aliphatic heterocycles. The molecule has 8 heteroatoms. The summed E-state index contributed by atoms with van der Waals surface area (Å²) in [5, 5.41) is 0. The maximum absolute atomic E-state index is 13.3. The summed E-state index contributed by atoms with van der Waals surface area (Å²) in [6.45, 7) is 0.816. The Morgan fingerprint density at radius 1 is 1.12 bits per heavy atom. The molecule has 0 radical (unpaired) electrons. The Labute approximate surface area is 188 Å². The lowest BCUT2D eigenvalue weighted by Gasteiger charge is -2.22. The molecule has 1 aliphatic carbocycles. The van der Waals surface area contributed by atoms with E-state index in [0.29, 0.717) is 31.0 Å². The van der Waals surface area contributed by atoms with Crippen LogP contribution >= 0.6 is 0 Å². The van der Waals surface area contributed by atoms with Gasteiger partial charge in [-0.25, -0.2) is 14.4 Å². The van der Waals surface area contributed by atoms with E-state index in [0.717, 1.165) is 37.2 Å². The van der Waals surface area contributed by atoms with Crippen molar-refractivity contribution in [2.75, 3.05) is 37.5 Å². The predicted octanol–water partition coefficient (Wildman–Crippen LogP) is 3.35. The summed E-state index contributed by atoms with van der Waals surface area (Å²) in [6.07, 6.45) is 4.47. The van der Waals surface area contributed by atoms with Gasteiger partial charge in [0, 0.05) is 57.7 Å². The summed E-state index contributed by atoms with van der Waals surface area (Å²) in [5.74, 6) is 1.15. The van der Waals surface area contributed by atoms with Gasteiger partial charge in [0.15, 0.2) is 0 Å². The first-order valence-corrected chi connectivity index (χ1v) is 11.2. The number of rotatable bonds is 6. The number of hydrogen-bond donors (Lipinski definition) is 0. The number of anilines is 2. The van der Waals surface area contributed by atoms with Crippen LogP contribution in [0.3, 0.4) is 0 Å². The minimum absolute atomic E-state index is 0.0123. The maximum Gasteiger partial charge on any atom is 0.227 e. The van der Waals surface area contributed by atoms with Crippen LogP contribution in [0.25, 0.3) is 0 Å². The normalized spacial score (nSPS) is 18.9. The second-order valence-electron chi connectivity index (χ2n) is 9.02. The smallest absolute Gasteiger partial charge is 0.227 e. The lowest BCUT2D eigenvalue weighted by atomic mass is 10.0. The number of halogens is 1. The number of benzene rings is 1.